The van der Waals surface area contributed by atoms with Crippen molar-refractivity contribution in [1.29, 1.82) is 0 Å². The Labute approximate surface area is 72.7 Å². The largest absolute Gasteiger partial charge is 0.467 e. The second-order valence-electron chi connectivity index (χ2n) is 1.95. The highest BCUT2D eigenvalue weighted by Gasteiger charge is 2.12. The minimum atomic E-state index is -0.553. The first-order valence-electron chi connectivity index (χ1n) is 2.93. The van der Waals surface area contributed by atoms with Crippen molar-refractivity contribution in [3.63, 3.8) is 0 Å². The first-order valence-corrected chi connectivity index (χ1v) is 2.93. The number of nitrogens with one attached hydrogen (secondary N) is 1. The molecule has 0 radical (unpaired) electrons. The van der Waals surface area contributed by atoms with Crippen LogP contribution in [0, 0.1) is 0 Å². The van der Waals surface area contributed by atoms with Gasteiger partial charge in [-0.25, -0.2) is 4.79 Å². The van der Waals surface area contributed by atoms with E-state index in [0.29, 0.717) is 0 Å². The van der Waals surface area contributed by atoms with Crippen molar-refractivity contribution < 1.29 is 14.3 Å². The van der Waals surface area contributed by atoms with Gasteiger partial charge in [0.05, 0.1) is 7.11 Å². The summed E-state index contributed by atoms with van der Waals surface area (Å²) in [5, 5.41) is 2.38. The molecule has 1 N–H and O–H groups in total. The molecule has 1 unspecified atom stereocenters. The molecule has 0 aromatic heterocycles. The van der Waals surface area contributed by atoms with Crippen LogP contribution in [0.5, 0.6) is 0 Å². The van der Waals surface area contributed by atoms with E-state index in [9.17, 15) is 9.59 Å². The molecule has 1 amide bonds. The number of amides is 1. The molecule has 0 aromatic rings. The van der Waals surface area contributed by atoms with Crippen LogP contribution in [0.3, 0.4) is 0 Å². The van der Waals surface area contributed by atoms with E-state index < -0.39 is 12.0 Å². The first kappa shape index (κ1) is 12.9. The molecule has 0 saturated carbocycles. The van der Waals surface area contributed by atoms with Crippen molar-refractivity contribution in [1.82, 2.24) is 5.32 Å². The van der Waals surface area contributed by atoms with Crippen molar-refractivity contribution in [2.75, 3.05) is 7.11 Å². The molecule has 11 heavy (non-hydrogen) atoms. The van der Waals surface area contributed by atoms with E-state index in [-0.39, 0.29) is 19.4 Å². The Morgan fingerprint density at radius 2 is 1.91 bits per heavy atom. The number of esters is 1. The van der Waals surface area contributed by atoms with Gasteiger partial charge in [-0.15, -0.1) is 0 Å². The molecule has 0 bridgehead atoms. The van der Waals surface area contributed by atoms with Gasteiger partial charge in [-0.1, -0.05) is 0 Å². The molecule has 0 fully saturated rings. The van der Waals surface area contributed by atoms with Crippen LogP contribution in [0.25, 0.3) is 0 Å². The molecule has 0 aromatic carbocycles. The van der Waals surface area contributed by atoms with Crippen LogP contribution in [0.1, 0.15) is 13.8 Å². The Balaban J connectivity index is 0. The summed E-state index contributed by atoms with van der Waals surface area (Å²) in [4.78, 5) is 21.0. The summed E-state index contributed by atoms with van der Waals surface area (Å²) in [5.41, 5.74) is 0. The molecule has 4 nitrogen and oxygen atoms in total. The molecule has 0 spiro atoms. The lowest BCUT2D eigenvalue weighted by atomic mass is 10.3. The maximum absolute atomic E-state index is 10.6. The highest BCUT2D eigenvalue weighted by Crippen LogP contribution is 1.84. The van der Waals surface area contributed by atoms with Gasteiger partial charge in [0.1, 0.15) is 6.04 Å². The van der Waals surface area contributed by atoms with E-state index in [1.165, 1.54) is 14.0 Å². The molecule has 0 heterocycles. The molecule has 66 valence electrons. The number of ether oxygens (including phenoxy) is 1. The summed E-state index contributed by atoms with van der Waals surface area (Å²) in [6.45, 7) is 2.91. The van der Waals surface area contributed by atoms with Crippen molar-refractivity contribution >= 4 is 25.4 Å². The average Bonchev–Trinajstić information content (AvgIpc) is 1.85. The van der Waals surface area contributed by atoms with Gasteiger partial charge >= 0.3 is 5.97 Å². The molecule has 0 aliphatic rings. The van der Waals surface area contributed by atoms with Crippen LogP contribution in [-0.2, 0) is 14.3 Å². The normalized spacial score (nSPS) is 10.8. The van der Waals surface area contributed by atoms with E-state index in [4.69, 9.17) is 0 Å². The molecule has 0 rings (SSSR count). The molecule has 1 atom stereocenters. The number of methoxy groups -OCH3 is 1. The van der Waals surface area contributed by atoms with Crippen molar-refractivity contribution in [3.05, 3.63) is 0 Å². The third-order valence-corrected chi connectivity index (χ3v) is 0.975. The SMILES string of the molecule is COC(=O)C(C)NC(C)=O.S. The van der Waals surface area contributed by atoms with Gasteiger partial charge in [0, 0.05) is 6.92 Å². The zero-order valence-corrected chi connectivity index (χ0v) is 7.80. The monoisotopic (exact) mass is 179 g/mol. The van der Waals surface area contributed by atoms with Gasteiger partial charge in [-0.05, 0) is 6.92 Å². The number of carbonyl (C=O) groups is 2. The van der Waals surface area contributed by atoms with Crippen LogP contribution in [0.15, 0.2) is 0 Å². The van der Waals surface area contributed by atoms with Crippen LogP contribution < -0.4 is 5.32 Å². The zero-order chi connectivity index (χ0) is 8.15. The predicted octanol–water partition coefficient (Wildman–Crippen LogP) is -0.203. The molecule has 5 heteroatoms. The Morgan fingerprint density at radius 1 is 1.45 bits per heavy atom. The van der Waals surface area contributed by atoms with Gasteiger partial charge in [-0.3, -0.25) is 4.79 Å². The summed E-state index contributed by atoms with van der Waals surface area (Å²) >= 11 is 0. The summed E-state index contributed by atoms with van der Waals surface area (Å²) in [5.74, 6) is -0.673. The lowest BCUT2D eigenvalue weighted by Crippen LogP contribution is -2.37. The van der Waals surface area contributed by atoms with E-state index >= 15 is 0 Å². The first-order chi connectivity index (χ1) is 4.57. The van der Waals surface area contributed by atoms with Gasteiger partial charge in [0.15, 0.2) is 0 Å². The highest BCUT2D eigenvalue weighted by molar-refractivity contribution is 7.59. The Bertz CT molecular complexity index is 149. The minimum Gasteiger partial charge on any atom is -0.467 e. The standard InChI is InChI=1S/C6H11NO3.H2S/c1-4(6(9)10-3)7-5(2)8;/h4H,1-3H3,(H,7,8);1H2. The summed E-state index contributed by atoms with van der Waals surface area (Å²) < 4.78 is 4.36. The number of rotatable bonds is 2. The molecule has 0 aliphatic heterocycles. The summed E-state index contributed by atoms with van der Waals surface area (Å²) in [6, 6.07) is -0.553. The summed E-state index contributed by atoms with van der Waals surface area (Å²) in [7, 11) is 1.28. The quantitative estimate of drug-likeness (QED) is 0.597. The summed E-state index contributed by atoms with van der Waals surface area (Å²) in [6.07, 6.45) is 0. The minimum absolute atomic E-state index is 0. The Morgan fingerprint density at radius 3 is 2.18 bits per heavy atom. The van der Waals surface area contributed by atoms with Crippen molar-refractivity contribution in [3.8, 4) is 0 Å². The fourth-order valence-electron chi connectivity index (χ4n) is 0.541. The van der Waals surface area contributed by atoms with E-state index in [2.05, 4.69) is 10.1 Å². The van der Waals surface area contributed by atoms with Crippen molar-refractivity contribution in [2.45, 2.75) is 19.9 Å². The lowest BCUT2D eigenvalue weighted by Gasteiger charge is -2.08. The van der Waals surface area contributed by atoms with Crippen LogP contribution >= 0.6 is 13.5 Å². The zero-order valence-electron chi connectivity index (χ0n) is 6.80. The second kappa shape index (κ2) is 6.03. The topological polar surface area (TPSA) is 55.4 Å². The molecular weight excluding hydrogens is 166 g/mol. The smallest absolute Gasteiger partial charge is 0.328 e. The fourth-order valence-corrected chi connectivity index (χ4v) is 0.541. The van der Waals surface area contributed by atoms with E-state index in [1.807, 2.05) is 0 Å². The van der Waals surface area contributed by atoms with Gasteiger partial charge in [0.25, 0.3) is 0 Å². The molecular formula is C6H13NO3S. The van der Waals surface area contributed by atoms with Gasteiger partial charge < -0.3 is 10.1 Å². The average molecular weight is 179 g/mol. The third-order valence-electron chi connectivity index (χ3n) is 0.975. The van der Waals surface area contributed by atoms with Gasteiger partial charge in [-0.2, -0.15) is 13.5 Å². The Hall–Kier alpha value is -0.710. The fraction of sp³-hybridized carbons (Fsp3) is 0.667. The Kier molecular flexibility index (Phi) is 7.08. The molecule has 0 saturated heterocycles. The maximum Gasteiger partial charge on any atom is 0.328 e. The van der Waals surface area contributed by atoms with Crippen molar-refractivity contribution in [2.24, 2.45) is 0 Å². The highest BCUT2D eigenvalue weighted by atomic mass is 32.1. The number of carbonyl (C=O) groups excluding carboxylic acids is 2. The number of hydrogen-bond donors (Lipinski definition) is 1. The third kappa shape index (κ3) is 5.72. The van der Waals surface area contributed by atoms with Crippen LogP contribution in [0.4, 0.5) is 0 Å². The molecule has 0 aliphatic carbocycles. The van der Waals surface area contributed by atoms with E-state index in [0.717, 1.165) is 0 Å². The van der Waals surface area contributed by atoms with Crippen LogP contribution in [-0.4, -0.2) is 25.0 Å². The van der Waals surface area contributed by atoms with Gasteiger partial charge in [0.2, 0.25) is 5.91 Å². The predicted molar refractivity (Wildman–Crippen MR) is 45.7 cm³/mol. The second-order valence-corrected chi connectivity index (χ2v) is 1.95. The van der Waals surface area contributed by atoms with Crippen LogP contribution in [0.2, 0.25) is 0 Å². The lowest BCUT2D eigenvalue weighted by molar-refractivity contribution is -0.144. The number of hydrogen-bond acceptors (Lipinski definition) is 3. The van der Waals surface area contributed by atoms with E-state index in [1.54, 1.807) is 6.92 Å². The maximum atomic E-state index is 10.6.